The van der Waals surface area contributed by atoms with Crippen molar-refractivity contribution in [3.63, 3.8) is 0 Å². The summed E-state index contributed by atoms with van der Waals surface area (Å²) in [6.07, 6.45) is 0. The number of benzene rings is 2. The van der Waals surface area contributed by atoms with Crippen LogP contribution in [-0.2, 0) is 6.54 Å². The van der Waals surface area contributed by atoms with Gasteiger partial charge in [0, 0.05) is 18.7 Å². The fourth-order valence-electron chi connectivity index (χ4n) is 1.90. The molecule has 2 rings (SSSR count). The Kier molecular flexibility index (Phi) is 4.27. The summed E-state index contributed by atoms with van der Waals surface area (Å²) < 4.78 is 26.4. The number of hydrogen-bond acceptors (Lipinski definition) is 1. The van der Waals surface area contributed by atoms with Crippen molar-refractivity contribution in [1.29, 1.82) is 0 Å². The second-order valence-corrected chi connectivity index (χ2v) is 4.89. The van der Waals surface area contributed by atoms with Crippen molar-refractivity contribution in [2.45, 2.75) is 26.4 Å². The first-order valence-corrected chi connectivity index (χ1v) is 6.33. The van der Waals surface area contributed by atoms with Crippen LogP contribution in [0.5, 0.6) is 0 Å². The van der Waals surface area contributed by atoms with Crippen molar-refractivity contribution in [2.75, 3.05) is 0 Å². The minimum Gasteiger partial charge on any atom is -0.310 e. The lowest BCUT2D eigenvalue weighted by molar-refractivity contribution is 0.584. The summed E-state index contributed by atoms with van der Waals surface area (Å²) in [4.78, 5) is 0. The third-order valence-electron chi connectivity index (χ3n) is 2.84. The Hall–Kier alpha value is -1.74. The quantitative estimate of drug-likeness (QED) is 0.872. The van der Waals surface area contributed by atoms with E-state index < -0.39 is 11.6 Å². The van der Waals surface area contributed by atoms with Crippen LogP contribution in [0.4, 0.5) is 8.78 Å². The zero-order chi connectivity index (χ0) is 13.8. The van der Waals surface area contributed by atoms with Crippen LogP contribution in [0.2, 0.25) is 0 Å². The average molecular weight is 261 g/mol. The Bertz CT molecular complexity index is 544. The van der Waals surface area contributed by atoms with E-state index in [0.717, 1.165) is 23.7 Å². The Morgan fingerprint density at radius 3 is 2.26 bits per heavy atom. The van der Waals surface area contributed by atoms with Gasteiger partial charge in [-0.05, 0) is 34.9 Å². The van der Waals surface area contributed by atoms with Gasteiger partial charge in [-0.3, -0.25) is 0 Å². The molecule has 2 aromatic carbocycles. The van der Waals surface area contributed by atoms with Crippen molar-refractivity contribution in [2.24, 2.45) is 0 Å². The minimum atomic E-state index is -0.555. The lowest BCUT2D eigenvalue weighted by atomic mass is 10.0. The van der Waals surface area contributed by atoms with E-state index in [2.05, 4.69) is 19.2 Å². The van der Waals surface area contributed by atoms with Crippen LogP contribution in [0.1, 0.15) is 19.4 Å². The average Bonchev–Trinajstić information content (AvgIpc) is 2.35. The standard InChI is InChI=1S/C16H17F2N/c1-11(2)19-10-12-4-3-5-13(6-12)14-7-15(17)9-16(18)8-14/h3-9,11,19H,10H2,1-2H3. The van der Waals surface area contributed by atoms with Gasteiger partial charge in [0.05, 0.1) is 0 Å². The summed E-state index contributed by atoms with van der Waals surface area (Å²) in [5, 5.41) is 3.32. The van der Waals surface area contributed by atoms with Crippen molar-refractivity contribution in [3.05, 3.63) is 59.7 Å². The highest BCUT2D eigenvalue weighted by Crippen LogP contribution is 2.22. The second kappa shape index (κ2) is 5.93. The molecule has 3 heteroatoms. The molecule has 0 saturated heterocycles. The fraction of sp³-hybridized carbons (Fsp3) is 0.250. The molecular formula is C16H17F2N. The first kappa shape index (κ1) is 13.7. The molecule has 0 spiro atoms. The summed E-state index contributed by atoms with van der Waals surface area (Å²) in [7, 11) is 0. The molecule has 19 heavy (non-hydrogen) atoms. The highest BCUT2D eigenvalue weighted by molar-refractivity contribution is 5.64. The highest BCUT2D eigenvalue weighted by atomic mass is 19.1. The van der Waals surface area contributed by atoms with Gasteiger partial charge in [-0.2, -0.15) is 0 Å². The van der Waals surface area contributed by atoms with Crippen LogP contribution in [0.25, 0.3) is 11.1 Å². The molecule has 1 N–H and O–H groups in total. The first-order chi connectivity index (χ1) is 9.04. The number of halogens is 2. The van der Waals surface area contributed by atoms with E-state index in [0.29, 0.717) is 11.6 Å². The molecular weight excluding hydrogens is 244 g/mol. The molecule has 0 atom stereocenters. The Balaban J connectivity index is 2.27. The minimum absolute atomic E-state index is 0.398. The van der Waals surface area contributed by atoms with E-state index >= 15 is 0 Å². The molecule has 100 valence electrons. The summed E-state index contributed by atoms with van der Waals surface area (Å²) >= 11 is 0. The third-order valence-corrected chi connectivity index (χ3v) is 2.84. The van der Waals surface area contributed by atoms with Crippen LogP contribution in [0, 0.1) is 11.6 Å². The molecule has 0 saturated carbocycles. The van der Waals surface area contributed by atoms with Crippen LogP contribution in [0.15, 0.2) is 42.5 Å². The van der Waals surface area contributed by atoms with Crippen molar-refractivity contribution in [1.82, 2.24) is 5.32 Å². The van der Waals surface area contributed by atoms with Crippen LogP contribution in [-0.4, -0.2) is 6.04 Å². The summed E-state index contributed by atoms with van der Waals surface area (Å²) in [5.41, 5.74) is 2.47. The molecule has 0 unspecified atom stereocenters. The maximum Gasteiger partial charge on any atom is 0.126 e. The van der Waals surface area contributed by atoms with Gasteiger partial charge >= 0.3 is 0 Å². The van der Waals surface area contributed by atoms with Crippen LogP contribution < -0.4 is 5.32 Å². The molecule has 0 amide bonds. The molecule has 1 nitrogen and oxygen atoms in total. The lowest BCUT2D eigenvalue weighted by Gasteiger charge is -2.10. The Morgan fingerprint density at radius 2 is 1.63 bits per heavy atom. The second-order valence-electron chi connectivity index (χ2n) is 4.89. The first-order valence-electron chi connectivity index (χ1n) is 6.33. The number of nitrogens with one attached hydrogen (secondary N) is 1. The highest BCUT2D eigenvalue weighted by Gasteiger charge is 2.04. The van der Waals surface area contributed by atoms with E-state index in [4.69, 9.17) is 0 Å². The molecule has 0 bridgehead atoms. The molecule has 2 aromatic rings. The summed E-state index contributed by atoms with van der Waals surface area (Å²) in [6.45, 7) is 4.89. The maximum absolute atomic E-state index is 13.2. The molecule has 0 aliphatic heterocycles. The smallest absolute Gasteiger partial charge is 0.126 e. The van der Waals surface area contributed by atoms with Gasteiger partial charge in [-0.25, -0.2) is 8.78 Å². The van der Waals surface area contributed by atoms with Gasteiger partial charge in [0.25, 0.3) is 0 Å². The molecule has 0 aromatic heterocycles. The van der Waals surface area contributed by atoms with E-state index in [1.807, 2.05) is 24.3 Å². The zero-order valence-electron chi connectivity index (χ0n) is 11.1. The number of rotatable bonds is 4. The summed E-state index contributed by atoms with van der Waals surface area (Å²) in [5.74, 6) is -1.11. The predicted octanol–water partition coefficient (Wildman–Crippen LogP) is 4.13. The van der Waals surface area contributed by atoms with Crippen molar-refractivity contribution >= 4 is 0 Å². The maximum atomic E-state index is 13.2. The van der Waals surface area contributed by atoms with E-state index in [9.17, 15) is 8.78 Å². The molecule has 0 fully saturated rings. The van der Waals surface area contributed by atoms with E-state index in [-0.39, 0.29) is 0 Å². The van der Waals surface area contributed by atoms with Gasteiger partial charge in [-0.15, -0.1) is 0 Å². The van der Waals surface area contributed by atoms with E-state index in [1.54, 1.807) is 0 Å². The topological polar surface area (TPSA) is 12.0 Å². The largest absolute Gasteiger partial charge is 0.310 e. The molecule has 0 aliphatic carbocycles. The normalized spacial score (nSPS) is 11.0. The van der Waals surface area contributed by atoms with E-state index in [1.165, 1.54) is 12.1 Å². The molecule has 0 radical (unpaired) electrons. The third kappa shape index (κ3) is 3.86. The Morgan fingerprint density at radius 1 is 0.947 bits per heavy atom. The van der Waals surface area contributed by atoms with Gasteiger partial charge in [0.15, 0.2) is 0 Å². The fourth-order valence-corrected chi connectivity index (χ4v) is 1.90. The summed E-state index contributed by atoms with van der Waals surface area (Å²) in [6, 6.07) is 11.7. The van der Waals surface area contributed by atoms with Gasteiger partial charge < -0.3 is 5.32 Å². The van der Waals surface area contributed by atoms with Crippen molar-refractivity contribution < 1.29 is 8.78 Å². The number of hydrogen-bond donors (Lipinski definition) is 1. The zero-order valence-corrected chi connectivity index (χ0v) is 11.1. The van der Waals surface area contributed by atoms with Gasteiger partial charge in [-0.1, -0.05) is 32.0 Å². The SMILES string of the molecule is CC(C)NCc1cccc(-c2cc(F)cc(F)c2)c1. The molecule has 0 aliphatic rings. The van der Waals surface area contributed by atoms with Gasteiger partial charge in [0.2, 0.25) is 0 Å². The monoisotopic (exact) mass is 261 g/mol. The van der Waals surface area contributed by atoms with Crippen LogP contribution in [0.3, 0.4) is 0 Å². The Labute approximate surface area is 112 Å². The van der Waals surface area contributed by atoms with Crippen LogP contribution >= 0.6 is 0 Å². The molecule has 0 heterocycles. The van der Waals surface area contributed by atoms with Crippen molar-refractivity contribution in [3.8, 4) is 11.1 Å². The van der Waals surface area contributed by atoms with Gasteiger partial charge in [0.1, 0.15) is 11.6 Å². The lowest BCUT2D eigenvalue weighted by Crippen LogP contribution is -2.21. The predicted molar refractivity (Wildman–Crippen MR) is 73.8 cm³/mol.